The maximum absolute atomic E-state index is 12.9. The second-order valence-corrected chi connectivity index (χ2v) is 7.88. The zero-order chi connectivity index (χ0) is 17.9. The second-order valence-electron chi connectivity index (χ2n) is 7.44. The topological polar surface area (TPSA) is 79.4 Å². The molecule has 9 heteroatoms. The molecule has 7 nitrogen and oxygen atoms in total. The van der Waals surface area contributed by atoms with Crippen molar-refractivity contribution in [3.63, 3.8) is 0 Å². The van der Waals surface area contributed by atoms with Crippen LogP contribution in [-0.4, -0.2) is 58.1 Å². The molecule has 4 rings (SSSR count). The van der Waals surface area contributed by atoms with Crippen LogP contribution in [0.15, 0.2) is 12.4 Å². The number of halogens is 1. The Morgan fingerprint density at radius 1 is 1.27 bits per heavy atom. The highest BCUT2D eigenvalue weighted by molar-refractivity contribution is 7.63. The Balaban J connectivity index is 1.25. The predicted octanol–water partition coefficient (Wildman–Crippen LogP) is 0.560. The summed E-state index contributed by atoms with van der Waals surface area (Å²) in [6, 6.07) is 0.958. The average Bonchev–Trinajstić information content (AvgIpc) is 3.24. The lowest BCUT2D eigenvalue weighted by atomic mass is 9.96. The molecule has 0 bridgehead atoms. The smallest absolute Gasteiger partial charge is 0.225 e. The van der Waals surface area contributed by atoms with E-state index in [4.69, 9.17) is 4.74 Å². The van der Waals surface area contributed by atoms with E-state index >= 15 is 0 Å². The van der Waals surface area contributed by atoms with Gasteiger partial charge in [0, 0.05) is 31.2 Å². The lowest BCUT2D eigenvalue weighted by molar-refractivity contribution is 0.0222. The third-order valence-electron chi connectivity index (χ3n) is 5.94. The van der Waals surface area contributed by atoms with Gasteiger partial charge in [-0.2, -0.15) is 0 Å². The number of anilines is 1. The summed E-state index contributed by atoms with van der Waals surface area (Å²) >= 11 is 0.000367. The van der Waals surface area contributed by atoms with Crippen LogP contribution in [0.5, 0.6) is 0 Å². The summed E-state index contributed by atoms with van der Waals surface area (Å²) in [5, 5.41) is 3.67. The van der Waals surface area contributed by atoms with Gasteiger partial charge in [0.1, 0.15) is 0 Å². The normalized spacial score (nSPS) is 32.1. The van der Waals surface area contributed by atoms with Crippen molar-refractivity contribution >= 4 is 17.8 Å². The number of hydrogen-bond acceptors (Lipinski definition) is 6. The van der Waals surface area contributed by atoms with Crippen molar-refractivity contribution < 1.29 is 13.3 Å². The van der Waals surface area contributed by atoms with Crippen LogP contribution < -0.4 is 14.9 Å². The fraction of sp³-hybridized carbons (Fsp3) is 0.765. The van der Waals surface area contributed by atoms with E-state index in [1.165, 1.54) is 31.7 Å². The summed E-state index contributed by atoms with van der Waals surface area (Å²) in [6.07, 6.45) is 8.05. The summed E-state index contributed by atoms with van der Waals surface area (Å²) < 4.78 is 33.3. The number of nitrogens with one attached hydrogen (secondary N) is 2. The van der Waals surface area contributed by atoms with E-state index in [0.717, 1.165) is 25.9 Å². The van der Waals surface area contributed by atoms with E-state index in [0.29, 0.717) is 24.5 Å². The van der Waals surface area contributed by atoms with Crippen molar-refractivity contribution in [3.8, 4) is 0 Å². The van der Waals surface area contributed by atoms with Crippen LogP contribution in [-0.2, 0) is 16.6 Å². The lowest BCUT2D eigenvalue weighted by Crippen LogP contribution is -2.46. The zero-order valence-electron chi connectivity index (χ0n) is 14.7. The van der Waals surface area contributed by atoms with E-state index in [1.54, 1.807) is 0 Å². The Morgan fingerprint density at radius 3 is 2.77 bits per heavy atom. The first kappa shape index (κ1) is 18.2. The van der Waals surface area contributed by atoms with Gasteiger partial charge in [0.2, 0.25) is 5.95 Å². The SMILES string of the molecule is O=[SH]N[C@H]1[C@H]2CCC[C@H]2N[C@H]1COC1CCN(c2ncc(F)cn2)CC1. The van der Waals surface area contributed by atoms with Crippen molar-refractivity contribution in [3.05, 3.63) is 18.2 Å². The molecule has 0 unspecified atom stereocenters. The zero-order valence-corrected chi connectivity index (χ0v) is 15.6. The van der Waals surface area contributed by atoms with Gasteiger partial charge in [0.25, 0.3) is 0 Å². The molecule has 1 aromatic rings. The Kier molecular flexibility index (Phi) is 5.78. The number of nitrogens with zero attached hydrogens (tertiary/aromatic N) is 3. The predicted molar refractivity (Wildman–Crippen MR) is 97.7 cm³/mol. The minimum Gasteiger partial charge on any atom is -0.376 e. The number of thiol groups is 1. The molecule has 1 aromatic heterocycles. The van der Waals surface area contributed by atoms with Crippen LogP contribution in [0.4, 0.5) is 10.3 Å². The van der Waals surface area contributed by atoms with Gasteiger partial charge < -0.3 is 15.0 Å². The quantitative estimate of drug-likeness (QED) is 0.623. The third kappa shape index (κ3) is 3.90. The summed E-state index contributed by atoms with van der Waals surface area (Å²) in [6.45, 7) is 2.25. The molecule has 144 valence electrons. The average molecular weight is 383 g/mol. The van der Waals surface area contributed by atoms with Crippen LogP contribution in [0.3, 0.4) is 0 Å². The molecule has 3 heterocycles. The first-order valence-electron chi connectivity index (χ1n) is 9.42. The van der Waals surface area contributed by atoms with Gasteiger partial charge in [-0.15, -0.1) is 0 Å². The van der Waals surface area contributed by atoms with E-state index in [9.17, 15) is 8.60 Å². The third-order valence-corrected chi connectivity index (χ3v) is 6.34. The van der Waals surface area contributed by atoms with Gasteiger partial charge in [-0.25, -0.2) is 23.3 Å². The Labute approximate surface area is 156 Å². The minimum atomic E-state index is -0.415. The number of hydrogen-bond donors (Lipinski definition) is 3. The number of piperidine rings is 1. The number of aromatic nitrogens is 2. The van der Waals surface area contributed by atoms with Crippen LogP contribution >= 0.6 is 0 Å². The Hall–Kier alpha value is -1.16. The first-order chi connectivity index (χ1) is 12.7. The largest absolute Gasteiger partial charge is 0.376 e. The molecule has 3 aliphatic rings. The van der Waals surface area contributed by atoms with E-state index < -0.39 is 5.82 Å². The molecule has 1 saturated carbocycles. The van der Waals surface area contributed by atoms with E-state index in [1.807, 2.05) is 0 Å². The van der Waals surface area contributed by atoms with Gasteiger partial charge in [-0.05, 0) is 31.6 Å². The first-order valence-corrected chi connectivity index (χ1v) is 10.2. The molecule has 2 aliphatic heterocycles. The summed E-state index contributed by atoms with van der Waals surface area (Å²) in [5.74, 6) is 0.720. The highest BCUT2D eigenvalue weighted by Crippen LogP contribution is 2.35. The molecule has 0 radical (unpaired) electrons. The Morgan fingerprint density at radius 2 is 2.04 bits per heavy atom. The van der Waals surface area contributed by atoms with Crippen LogP contribution in [0.2, 0.25) is 0 Å². The molecule has 2 N–H and O–H groups in total. The molecule has 26 heavy (non-hydrogen) atoms. The highest BCUT2D eigenvalue weighted by Gasteiger charge is 2.45. The fourth-order valence-electron chi connectivity index (χ4n) is 4.63. The molecule has 4 atom stereocenters. The summed E-state index contributed by atoms with van der Waals surface area (Å²) in [5.41, 5.74) is 0. The van der Waals surface area contributed by atoms with Gasteiger partial charge in [0.05, 0.1) is 37.0 Å². The molecule has 3 fully saturated rings. The lowest BCUT2D eigenvalue weighted by Gasteiger charge is -2.33. The van der Waals surface area contributed by atoms with Crippen LogP contribution in [0.1, 0.15) is 32.1 Å². The van der Waals surface area contributed by atoms with Gasteiger partial charge in [-0.3, -0.25) is 0 Å². The van der Waals surface area contributed by atoms with Crippen LogP contribution in [0, 0.1) is 11.7 Å². The molecule has 0 aromatic carbocycles. The summed E-state index contributed by atoms with van der Waals surface area (Å²) in [7, 11) is 0. The van der Waals surface area contributed by atoms with Crippen molar-refractivity contribution in [2.45, 2.75) is 56.3 Å². The molecule has 1 aliphatic carbocycles. The number of rotatable bonds is 6. The van der Waals surface area contributed by atoms with Gasteiger partial charge in [-0.1, -0.05) is 6.42 Å². The number of fused-ring (bicyclic) bond motifs is 1. The van der Waals surface area contributed by atoms with Crippen molar-refractivity contribution in [1.82, 2.24) is 20.0 Å². The fourth-order valence-corrected chi connectivity index (χ4v) is 5.12. The van der Waals surface area contributed by atoms with Gasteiger partial charge >= 0.3 is 0 Å². The molecule has 2 saturated heterocycles. The molecular formula is C17H26FN5O2S. The standard InChI is InChI=1S/C17H26FN5O2S/c18-11-8-19-17(20-9-11)23-6-4-12(5-7-23)25-10-15-16(22-26-24)13-2-1-3-14(13)21-15/h8-9,12-16,21,26H,1-7,10H2,(H,22,24)/t13-,14+,15-,16-/m0/s1. The minimum absolute atomic E-state index is 0.000367. The van der Waals surface area contributed by atoms with E-state index in [-0.39, 0.29) is 30.0 Å². The molecule has 0 spiro atoms. The Bertz CT molecular complexity index is 614. The summed E-state index contributed by atoms with van der Waals surface area (Å²) in [4.78, 5) is 10.2. The maximum Gasteiger partial charge on any atom is 0.225 e. The number of ether oxygens (including phenoxy) is 1. The van der Waals surface area contributed by atoms with Gasteiger partial charge in [0.15, 0.2) is 5.82 Å². The monoisotopic (exact) mass is 383 g/mol. The molecular weight excluding hydrogens is 357 g/mol. The van der Waals surface area contributed by atoms with Crippen molar-refractivity contribution in [2.24, 2.45) is 5.92 Å². The van der Waals surface area contributed by atoms with Crippen molar-refractivity contribution in [2.75, 3.05) is 24.6 Å². The van der Waals surface area contributed by atoms with Crippen LogP contribution in [0.25, 0.3) is 0 Å². The van der Waals surface area contributed by atoms with Crippen molar-refractivity contribution in [1.29, 1.82) is 0 Å². The molecule has 0 amide bonds. The van der Waals surface area contributed by atoms with E-state index in [2.05, 4.69) is 24.9 Å². The maximum atomic E-state index is 12.9. The second kappa shape index (κ2) is 8.24. The highest BCUT2D eigenvalue weighted by atomic mass is 32.2.